The second-order valence-corrected chi connectivity index (χ2v) is 4.36. The van der Waals surface area contributed by atoms with E-state index in [9.17, 15) is 0 Å². The van der Waals surface area contributed by atoms with Gasteiger partial charge in [-0.2, -0.15) is 5.10 Å². The molecule has 1 saturated carbocycles. The summed E-state index contributed by atoms with van der Waals surface area (Å²) in [7, 11) is 0. The van der Waals surface area contributed by atoms with Crippen LogP contribution in [0.15, 0.2) is 12.3 Å². The van der Waals surface area contributed by atoms with Crippen LogP contribution in [0.2, 0.25) is 0 Å². The number of hydrogen-bond donors (Lipinski definition) is 1. The Morgan fingerprint density at radius 2 is 2.43 bits per heavy atom. The standard InChI is InChI=1S/C11H19N3/c1-9-5-7-14(13-9)8-6-10-3-2-4-11(10)12/h5,7,10-11H,2-4,6,8,12H2,1H3. The quantitative estimate of drug-likeness (QED) is 0.794. The van der Waals surface area contributed by atoms with Gasteiger partial charge in [0.15, 0.2) is 0 Å². The normalized spacial score (nSPS) is 27.0. The van der Waals surface area contributed by atoms with E-state index in [4.69, 9.17) is 5.73 Å². The lowest BCUT2D eigenvalue weighted by atomic mass is 10.0. The van der Waals surface area contributed by atoms with Crippen LogP contribution >= 0.6 is 0 Å². The molecule has 78 valence electrons. The Balaban J connectivity index is 1.82. The highest BCUT2D eigenvalue weighted by molar-refractivity contribution is 4.94. The molecule has 2 N–H and O–H groups in total. The molecule has 1 aromatic heterocycles. The van der Waals surface area contributed by atoms with Crippen LogP contribution < -0.4 is 5.73 Å². The van der Waals surface area contributed by atoms with Crippen molar-refractivity contribution in [3.63, 3.8) is 0 Å². The molecule has 1 aliphatic rings. The number of nitrogens with two attached hydrogens (primary N) is 1. The van der Waals surface area contributed by atoms with Gasteiger partial charge in [-0.15, -0.1) is 0 Å². The molecule has 14 heavy (non-hydrogen) atoms. The van der Waals surface area contributed by atoms with Crippen molar-refractivity contribution in [1.82, 2.24) is 9.78 Å². The first-order chi connectivity index (χ1) is 6.75. The molecule has 2 atom stereocenters. The van der Waals surface area contributed by atoms with Crippen LogP contribution in [0.3, 0.4) is 0 Å². The van der Waals surface area contributed by atoms with E-state index in [1.54, 1.807) is 0 Å². The highest BCUT2D eigenvalue weighted by Gasteiger charge is 2.23. The molecule has 0 saturated heterocycles. The summed E-state index contributed by atoms with van der Waals surface area (Å²) in [6.45, 7) is 3.05. The van der Waals surface area contributed by atoms with Gasteiger partial charge in [-0.3, -0.25) is 4.68 Å². The Hall–Kier alpha value is -0.830. The van der Waals surface area contributed by atoms with E-state index in [0.29, 0.717) is 6.04 Å². The molecule has 0 aromatic carbocycles. The van der Waals surface area contributed by atoms with E-state index in [1.807, 2.05) is 11.6 Å². The molecule has 3 nitrogen and oxygen atoms in total. The molecule has 0 radical (unpaired) electrons. The maximum absolute atomic E-state index is 6.02. The van der Waals surface area contributed by atoms with E-state index >= 15 is 0 Å². The molecule has 1 heterocycles. The Morgan fingerprint density at radius 3 is 3.00 bits per heavy atom. The minimum atomic E-state index is 0.437. The topological polar surface area (TPSA) is 43.8 Å². The SMILES string of the molecule is Cc1ccn(CCC2CCCC2N)n1. The molecule has 0 spiro atoms. The van der Waals surface area contributed by atoms with Crippen molar-refractivity contribution in [2.45, 2.75) is 45.2 Å². The van der Waals surface area contributed by atoms with Gasteiger partial charge in [0.05, 0.1) is 5.69 Å². The molecule has 3 heteroatoms. The van der Waals surface area contributed by atoms with Crippen LogP contribution in [-0.2, 0) is 6.54 Å². The van der Waals surface area contributed by atoms with Gasteiger partial charge in [0.2, 0.25) is 0 Å². The third-order valence-electron chi connectivity index (χ3n) is 3.22. The third-order valence-corrected chi connectivity index (χ3v) is 3.22. The molecular formula is C11H19N3. The summed E-state index contributed by atoms with van der Waals surface area (Å²) >= 11 is 0. The molecule has 2 rings (SSSR count). The largest absolute Gasteiger partial charge is 0.327 e. The number of aromatic nitrogens is 2. The van der Waals surface area contributed by atoms with E-state index < -0.39 is 0 Å². The van der Waals surface area contributed by atoms with Crippen LogP contribution in [0.1, 0.15) is 31.4 Å². The molecule has 0 amide bonds. The first kappa shape index (κ1) is 9.71. The summed E-state index contributed by atoms with van der Waals surface area (Å²) in [5, 5.41) is 4.37. The zero-order chi connectivity index (χ0) is 9.97. The summed E-state index contributed by atoms with van der Waals surface area (Å²) in [5.41, 5.74) is 7.12. The summed E-state index contributed by atoms with van der Waals surface area (Å²) in [6.07, 6.45) is 7.06. The lowest BCUT2D eigenvalue weighted by molar-refractivity contribution is 0.402. The van der Waals surface area contributed by atoms with Gasteiger partial charge in [-0.1, -0.05) is 6.42 Å². The second-order valence-electron chi connectivity index (χ2n) is 4.36. The Bertz CT molecular complexity index is 292. The zero-order valence-electron chi connectivity index (χ0n) is 8.82. The maximum Gasteiger partial charge on any atom is 0.0593 e. The minimum absolute atomic E-state index is 0.437. The first-order valence-corrected chi connectivity index (χ1v) is 5.51. The Kier molecular flexibility index (Phi) is 2.87. The van der Waals surface area contributed by atoms with Crippen molar-refractivity contribution in [3.05, 3.63) is 18.0 Å². The van der Waals surface area contributed by atoms with Crippen molar-refractivity contribution in [2.24, 2.45) is 11.7 Å². The molecule has 1 fully saturated rings. The van der Waals surface area contributed by atoms with Crippen LogP contribution in [0.4, 0.5) is 0 Å². The van der Waals surface area contributed by atoms with Crippen LogP contribution in [0.5, 0.6) is 0 Å². The monoisotopic (exact) mass is 193 g/mol. The van der Waals surface area contributed by atoms with Crippen molar-refractivity contribution in [2.75, 3.05) is 0 Å². The van der Waals surface area contributed by atoms with Gasteiger partial charge in [-0.05, 0) is 38.2 Å². The van der Waals surface area contributed by atoms with Gasteiger partial charge < -0.3 is 5.73 Å². The number of nitrogens with zero attached hydrogens (tertiary/aromatic N) is 2. The number of hydrogen-bond acceptors (Lipinski definition) is 2. The predicted molar refractivity (Wildman–Crippen MR) is 56.9 cm³/mol. The minimum Gasteiger partial charge on any atom is -0.327 e. The van der Waals surface area contributed by atoms with E-state index in [2.05, 4.69) is 17.4 Å². The lowest BCUT2D eigenvalue weighted by Crippen LogP contribution is -2.25. The van der Waals surface area contributed by atoms with Crippen LogP contribution in [0.25, 0.3) is 0 Å². The number of rotatable bonds is 3. The summed E-state index contributed by atoms with van der Waals surface area (Å²) in [4.78, 5) is 0. The fourth-order valence-corrected chi connectivity index (χ4v) is 2.31. The number of aryl methyl sites for hydroxylation is 2. The molecule has 1 aliphatic carbocycles. The second kappa shape index (κ2) is 4.13. The predicted octanol–water partition coefficient (Wildman–Crippen LogP) is 1.71. The maximum atomic E-state index is 6.02. The Morgan fingerprint density at radius 1 is 1.57 bits per heavy atom. The van der Waals surface area contributed by atoms with Crippen molar-refractivity contribution in [1.29, 1.82) is 0 Å². The average Bonchev–Trinajstić information content (AvgIpc) is 2.72. The molecule has 0 aliphatic heterocycles. The van der Waals surface area contributed by atoms with Crippen LogP contribution in [0, 0.1) is 12.8 Å². The summed E-state index contributed by atoms with van der Waals surface area (Å²) in [5.74, 6) is 0.722. The van der Waals surface area contributed by atoms with Gasteiger partial charge in [0.1, 0.15) is 0 Å². The lowest BCUT2D eigenvalue weighted by Gasteiger charge is -2.14. The van der Waals surface area contributed by atoms with E-state index in [1.165, 1.54) is 25.7 Å². The highest BCUT2D eigenvalue weighted by atomic mass is 15.3. The van der Waals surface area contributed by atoms with Crippen molar-refractivity contribution in [3.8, 4) is 0 Å². The van der Waals surface area contributed by atoms with E-state index in [-0.39, 0.29) is 0 Å². The molecular weight excluding hydrogens is 174 g/mol. The first-order valence-electron chi connectivity index (χ1n) is 5.51. The molecule has 2 unspecified atom stereocenters. The highest BCUT2D eigenvalue weighted by Crippen LogP contribution is 2.26. The summed E-state index contributed by atoms with van der Waals surface area (Å²) in [6, 6.07) is 2.49. The zero-order valence-corrected chi connectivity index (χ0v) is 8.82. The van der Waals surface area contributed by atoms with Crippen LogP contribution in [-0.4, -0.2) is 15.8 Å². The van der Waals surface area contributed by atoms with Gasteiger partial charge in [-0.25, -0.2) is 0 Å². The van der Waals surface area contributed by atoms with Gasteiger partial charge in [0.25, 0.3) is 0 Å². The van der Waals surface area contributed by atoms with E-state index in [0.717, 1.165) is 18.2 Å². The fourth-order valence-electron chi connectivity index (χ4n) is 2.31. The smallest absolute Gasteiger partial charge is 0.0593 e. The third kappa shape index (κ3) is 2.15. The molecule has 1 aromatic rings. The Labute approximate surface area is 85.3 Å². The fraction of sp³-hybridized carbons (Fsp3) is 0.727. The van der Waals surface area contributed by atoms with Crippen molar-refractivity contribution >= 4 is 0 Å². The summed E-state index contributed by atoms with van der Waals surface area (Å²) < 4.78 is 2.03. The average molecular weight is 193 g/mol. The molecule has 0 bridgehead atoms. The van der Waals surface area contributed by atoms with Gasteiger partial charge in [0, 0.05) is 18.8 Å². The van der Waals surface area contributed by atoms with Gasteiger partial charge >= 0.3 is 0 Å². The van der Waals surface area contributed by atoms with Crippen molar-refractivity contribution < 1.29 is 0 Å².